The third-order valence-electron chi connectivity index (χ3n) is 5.17. The summed E-state index contributed by atoms with van der Waals surface area (Å²) < 4.78 is 38.5. The number of hydrogen-bond donors (Lipinski definition) is 3. The van der Waals surface area contributed by atoms with Gasteiger partial charge < -0.3 is 25.4 Å². The molecule has 1 fully saturated rings. The maximum Gasteiger partial charge on any atom is 0.261 e. The van der Waals surface area contributed by atoms with Crippen molar-refractivity contribution in [1.82, 2.24) is 10.2 Å². The van der Waals surface area contributed by atoms with Gasteiger partial charge in [0.1, 0.15) is 5.75 Å². The Hall–Kier alpha value is -3.90. The van der Waals surface area contributed by atoms with E-state index in [4.69, 9.17) is 15.2 Å². The summed E-state index contributed by atoms with van der Waals surface area (Å²) in [5.41, 5.74) is 7.30. The Morgan fingerprint density at radius 3 is 2.47 bits per heavy atom. The van der Waals surface area contributed by atoms with Crippen molar-refractivity contribution in [1.29, 1.82) is 0 Å². The Balaban J connectivity index is 1.46. The monoisotopic (exact) mass is 484 g/mol. The third-order valence-corrected chi connectivity index (χ3v) is 6.55. The van der Waals surface area contributed by atoms with E-state index in [1.165, 1.54) is 25.3 Å². The summed E-state index contributed by atoms with van der Waals surface area (Å²) in [7, 11) is -2.59. The molecule has 1 amide bonds. The van der Waals surface area contributed by atoms with Crippen LogP contribution in [0.1, 0.15) is 10.4 Å². The van der Waals surface area contributed by atoms with E-state index in [9.17, 15) is 13.2 Å². The molecule has 0 radical (unpaired) electrons. The second-order valence-electron chi connectivity index (χ2n) is 7.43. The van der Waals surface area contributed by atoms with Crippen molar-refractivity contribution in [2.45, 2.75) is 4.90 Å². The second kappa shape index (κ2) is 9.93. The molecule has 12 heteroatoms. The molecule has 1 saturated heterocycles. The van der Waals surface area contributed by atoms with Gasteiger partial charge in [-0.05, 0) is 42.5 Å². The Morgan fingerprint density at radius 1 is 1.09 bits per heavy atom. The van der Waals surface area contributed by atoms with Crippen LogP contribution in [0.2, 0.25) is 0 Å². The maximum atomic E-state index is 12.8. The van der Waals surface area contributed by atoms with Crippen LogP contribution in [0.5, 0.6) is 5.75 Å². The smallest absolute Gasteiger partial charge is 0.261 e. The molecule has 0 aliphatic carbocycles. The van der Waals surface area contributed by atoms with Crippen LogP contribution in [-0.2, 0) is 14.8 Å². The van der Waals surface area contributed by atoms with Crippen LogP contribution in [0.3, 0.4) is 0 Å². The zero-order valence-electron chi connectivity index (χ0n) is 18.4. The Labute approximate surface area is 196 Å². The molecule has 4 rings (SSSR count). The van der Waals surface area contributed by atoms with E-state index >= 15 is 0 Å². The Morgan fingerprint density at radius 2 is 1.79 bits per heavy atom. The average molecular weight is 485 g/mol. The number of morpholine rings is 1. The number of carbonyl (C=O) groups excluding carboxylic acids is 1. The number of rotatable bonds is 8. The molecule has 178 valence electrons. The first kappa shape index (κ1) is 23.3. The molecule has 11 nitrogen and oxygen atoms in total. The minimum absolute atomic E-state index is 0.0228. The number of nitrogens with zero attached hydrogens (tertiary/aromatic N) is 3. The molecule has 0 saturated carbocycles. The lowest BCUT2D eigenvalue weighted by molar-refractivity contribution is 0.0997. The fourth-order valence-corrected chi connectivity index (χ4v) is 4.53. The second-order valence-corrected chi connectivity index (χ2v) is 9.12. The number of nitrogens with two attached hydrogens (primary N) is 1. The van der Waals surface area contributed by atoms with E-state index in [2.05, 4.69) is 25.1 Å². The highest BCUT2D eigenvalue weighted by Gasteiger charge is 2.19. The summed E-state index contributed by atoms with van der Waals surface area (Å²) in [4.78, 5) is 13.7. The van der Waals surface area contributed by atoms with Crippen LogP contribution in [0, 0.1) is 0 Å². The molecular formula is C22H24N6O5S. The fraction of sp³-hybridized carbons (Fsp3) is 0.227. The molecule has 1 aliphatic heterocycles. The highest BCUT2D eigenvalue weighted by atomic mass is 32.2. The summed E-state index contributed by atoms with van der Waals surface area (Å²) in [5, 5.41) is 11.3. The quantitative estimate of drug-likeness (QED) is 0.436. The Bertz CT molecular complexity index is 1280. The fourth-order valence-electron chi connectivity index (χ4n) is 3.44. The molecule has 34 heavy (non-hydrogen) atoms. The number of benzene rings is 2. The molecule has 1 aliphatic rings. The Kier molecular flexibility index (Phi) is 6.80. The molecule has 0 atom stereocenters. The number of anilines is 4. The lowest BCUT2D eigenvalue weighted by Crippen LogP contribution is -2.36. The molecule has 0 bridgehead atoms. The lowest BCUT2D eigenvalue weighted by Gasteiger charge is -2.28. The molecule has 4 N–H and O–H groups in total. The number of nitrogens with one attached hydrogen (secondary N) is 2. The van der Waals surface area contributed by atoms with Crippen LogP contribution < -0.4 is 25.4 Å². The van der Waals surface area contributed by atoms with Gasteiger partial charge in [0.2, 0.25) is 0 Å². The minimum atomic E-state index is -3.96. The first-order valence-corrected chi connectivity index (χ1v) is 11.9. The number of hydrogen-bond acceptors (Lipinski definition) is 9. The number of sulfonamides is 1. The van der Waals surface area contributed by atoms with Crippen molar-refractivity contribution in [2.75, 3.05) is 48.4 Å². The predicted octanol–water partition coefficient (Wildman–Crippen LogP) is 1.97. The van der Waals surface area contributed by atoms with E-state index in [1.807, 2.05) is 6.07 Å². The van der Waals surface area contributed by atoms with Crippen molar-refractivity contribution in [2.24, 2.45) is 5.73 Å². The largest absolute Gasteiger partial charge is 0.496 e. The first-order valence-electron chi connectivity index (χ1n) is 10.4. The highest BCUT2D eigenvalue weighted by molar-refractivity contribution is 7.92. The molecule has 1 aromatic heterocycles. The minimum Gasteiger partial charge on any atom is -0.496 e. The zero-order chi connectivity index (χ0) is 24.1. The van der Waals surface area contributed by atoms with Crippen molar-refractivity contribution in [3.05, 3.63) is 60.3 Å². The number of amides is 1. The third kappa shape index (κ3) is 5.35. The van der Waals surface area contributed by atoms with E-state index < -0.39 is 15.9 Å². The molecule has 2 aromatic carbocycles. The van der Waals surface area contributed by atoms with Gasteiger partial charge in [0.05, 0.1) is 42.7 Å². The van der Waals surface area contributed by atoms with Crippen LogP contribution >= 0.6 is 0 Å². The van der Waals surface area contributed by atoms with E-state index in [1.54, 1.807) is 30.5 Å². The molecule has 2 heterocycles. The van der Waals surface area contributed by atoms with Gasteiger partial charge in [0.15, 0.2) is 5.82 Å². The normalized spacial score (nSPS) is 13.9. The van der Waals surface area contributed by atoms with Gasteiger partial charge in [0, 0.05) is 30.5 Å². The summed E-state index contributed by atoms with van der Waals surface area (Å²) in [6.07, 6.45) is 1.71. The SMILES string of the molecule is COc1ccc(S(=O)(=O)Nc2ccc(Nc3cc(N4CCOCC4)cnn3)cc2)cc1C(N)=O. The number of carbonyl (C=O) groups is 1. The van der Waals surface area contributed by atoms with E-state index in [0.29, 0.717) is 30.4 Å². The number of aromatic nitrogens is 2. The van der Waals surface area contributed by atoms with Crippen LogP contribution in [0.15, 0.2) is 59.6 Å². The molecular weight excluding hydrogens is 460 g/mol. The molecule has 0 spiro atoms. The highest BCUT2D eigenvalue weighted by Crippen LogP contribution is 2.25. The summed E-state index contributed by atoms with van der Waals surface area (Å²) in [6, 6.07) is 12.4. The zero-order valence-corrected chi connectivity index (χ0v) is 19.2. The standard InChI is InChI=1S/C22H24N6O5S/c1-32-20-7-6-18(13-19(20)22(23)29)34(30,31)27-16-4-2-15(3-5-16)25-21-12-17(14-24-26-21)28-8-10-33-11-9-28/h2-7,12-14,27H,8-11H2,1H3,(H2,23,29)(H,25,26). The van der Waals surface area contributed by atoms with Gasteiger partial charge in [-0.1, -0.05) is 0 Å². The van der Waals surface area contributed by atoms with E-state index in [-0.39, 0.29) is 16.2 Å². The number of primary amides is 1. The van der Waals surface area contributed by atoms with Crippen LogP contribution in [0.25, 0.3) is 0 Å². The summed E-state index contributed by atoms with van der Waals surface area (Å²) in [5.74, 6) is -0.0256. The van der Waals surface area contributed by atoms with Crippen molar-refractivity contribution < 1.29 is 22.7 Å². The summed E-state index contributed by atoms with van der Waals surface area (Å²) in [6.45, 7) is 2.91. The molecule has 3 aromatic rings. The van der Waals surface area contributed by atoms with Crippen LogP contribution in [-0.4, -0.2) is 57.9 Å². The van der Waals surface area contributed by atoms with Gasteiger partial charge in [0.25, 0.3) is 15.9 Å². The van der Waals surface area contributed by atoms with Crippen molar-refractivity contribution in [3.63, 3.8) is 0 Å². The number of methoxy groups -OCH3 is 1. The number of ether oxygens (including phenoxy) is 2. The summed E-state index contributed by atoms with van der Waals surface area (Å²) >= 11 is 0. The van der Waals surface area contributed by atoms with Crippen molar-refractivity contribution >= 4 is 38.8 Å². The first-order chi connectivity index (χ1) is 16.4. The van der Waals surface area contributed by atoms with E-state index in [0.717, 1.165) is 18.8 Å². The van der Waals surface area contributed by atoms with Gasteiger partial charge in [-0.3, -0.25) is 9.52 Å². The predicted molar refractivity (Wildman–Crippen MR) is 127 cm³/mol. The van der Waals surface area contributed by atoms with Gasteiger partial charge in [-0.2, -0.15) is 5.10 Å². The van der Waals surface area contributed by atoms with Gasteiger partial charge >= 0.3 is 0 Å². The van der Waals surface area contributed by atoms with Crippen molar-refractivity contribution in [3.8, 4) is 5.75 Å². The van der Waals surface area contributed by atoms with Crippen LogP contribution in [0.4, 0.5) is 22.9 Å². The average Bonchev–Trinajstić information content (AvgIpc) is 2.85. The topological polar surface area (TPSA) is 149 Å². The lowest BCUT2D eigenvalue weighted by atomic mass is 10.2. The maximum absolute atomic E-state index is 12.8. The molecule has 0 unspecified atom stereocenters. The van der Waals surface area contributed by atoms with Gasteiger partial charge in [-0.15, -0.1) is 5.10 Å². The van der Waals surface area contributed by atoms with Gasteiger partial charge in [-0.25, -0.2) is 8.42 Å².